The molecule has 0 radical (unpaired) electrons. The van der Waals surface area contributed by atoms with Gasteiger partial charge in [0.05, 0.1) is 11.5 Å². The van der Waals surface area contributed by atoms with Gasteiger partial charge in [-0.05, 0) is 29.7 Å². The quantitative estimate of drug-likeness (QED) is 0.870. The molecule has 2 unspecified atom stereocenters. The Morgan fingerprint density at radius 1 is 1.50 bits per heavy atom. The molecule has 1 saturated carbocycles. The largest absolute Gasteiger partial charge is 0.391 e. The van der Waals surface area contributed by atoms with Crippen LogP contribution < -0.4 is 4.72 Å². The van der Waals surface area contributed by atoms with Gasteiger partial charge >= 0.3 is 0 Å². The molecule has 0 spiro atoms. The lowest BCUT2D eigenvalue weighted by Gasteiger charge is -2.16. The van der Waals surface area contributed by atoms with Crippen molar-refractivity contribution in [3.63, 3.8) is 0 Å². The van der Waals surface area contributed by atoms with Crippen LogP contribution in [0.15, 0.2) is 16.3 Å². The molecule has 1 aliphatic carbocycles. The summed E-state index contributed by atoms with van der Waals surface area (Å²) in [6.07, 6.45) is 3.47. The third kappa shape index (κ3) is 2.93. The first-order valence-corrected chi connectivity index (χ1v) is 8.57. The fraction of sp³-hybridized carbons (Fsp3) is 0.667. The van der Waals surface area contributed by atoms with Crippen LogP contribution in [0.3, 0.4) is 0 Å². The monoisotopic (exact) mass is 289 g/mol. The zero-order valence-electron chi connectivity index (χ0n) is 10.4. The zero-order chi connectivity index (χ0) is 13.2. The second-order valence-corrected chi connectivity index (χ2v) is 7.62. The molecule has 0 saturated heterocycles. The molecule has 1 aliphatic rings. The Kier molecular flexibility index (Phi) is 4.42. The molecule has 0 amide bonds. The lowest BCUT2D eigenvalue weighted by molar-refractivity contribution is 0.282. The van der Waals surface area contributed by atoms with Gasteiger partial charge in [-0.25, -0.2) is 13.1 Å². The lowest BCUT2D eigenvalue weighted by atomic mass is 9.99. The van der Waals surface area contributed by atoms with E-state index in [0.717, 1.165) is 6.42 Å². The van der Waals surface area contributed by atoms with Gasteiger partial charge in [0.15, 0.2) is 0 Å². The summed E-state index contributed by atoms with van der Waals surface area (Å²) in [5, 5.41) is 10.8. The summed E-state index contributed by atoms with van der Waals surface area (Å²) >= 11 is 1.27. The number of rotatable bonds is 5. The Bertz CT molecular complexity index is 495. The van der Waals surface area contributed by atoms with Gasteiger partial charge in [-0.15, -0.1) is 11.3 Å². The molecule has 18 heavy (non-hydrogen) atoms. The lowest BCUT2D eigenvalue weighted by Crippen LogP contribution is -2.30. The minimum atomic E-state index is -3.47. The molecule has 0 aliphatic heterocycles. The molecule has 0 bridgehead atoms. The highest BCUT2D eigenvalue weighted by molar-refractivity contribution is 7.89. The van der Waals surface area contributed by atoms with Crippen molar-refractivity contribution < 1.29 is 13.5 Å². The maximum Gasteiger partial charge on any atom is 0.241 e. The minimum absolute atomic E-state index is 0.223. The number of sulfonamides is 1. The highest BCUT2D eigenvalue weighted by atomic mass is 32.2. The fourth-order valence-corrected chi connectivity index (χ4v) is 4.89. The normalized spacial score (nSPS) is 24.6. The number of hydrogen-bond donors (Lipinski definition) is 2. The molecule has 1 fully saturated rings. The van der Waals surface area contributed by atoms with Crippen LogP contribution in [0.5, 0.6) is 0 Å². The van der Waals surface area contributed by atoms with Crippen LogP contribution in [-0.4, -0.2) is 20.1 Å². The van der Waals surface area contributed by atoms with E-state index >= 15 is 0 Å². The molecule has 2 rings (SSSR count). The van der Waals surface area contributed by atoms with Crippen molar-refractivity contribution >= 4 is 21.4 Å². The van der Waals surface area contributed by atoms with Crippen molar-refractivity contribution in [2.75, 3.05) is 6.54 Å². The first kappa shape index (κ1) is 14.0. The summed E-state index contributed by atoms with van der Waals surface area (Å²) in [4.78, 5) is 0.725. The summed E-state index contributed by atoms with van der Waals surface area (Å²) in [6, 6.07) is 1.55. The summed E-state index contributed by atoms with van der Waals surface area (Å²) < 4.78 is 26.9. The second kappa shape index (κ2) is 5.69. The Hall–Kier alpha value is -0.430. The molecule has 1 heterocycles. The van der Waals surface area contributed by atoms with Crippen LogP contribution in [0, 0.1) is 11.8 Å². The molecule has 2 atom stereocenters. The van der Waals surface area contributed by atoms with Crippen molar-refractivity contribution in [1.29, 1.82) is 0 Å². The van der Waals surface area contributed by atoms with Crippen molar-refractivity contribution in [3.05, 3.63) is 16.3 Å². The van der Waals surface area contributed by atoms with E-state index in [1.807, 2.05) is 0 Å². The fourth-order valence-electron chi connectivity index (χ4n) is 2.50. The molecule has 0 aromatic carbocycles. The first-order chi connectivity index (χ1) is 8.54. The van der Waals surface area contributed by atoms with Gasteiger partial charge in [0.1, 0.15) is 0 Å². The average molecular weight is 289 g/mol. The van der Waals surface area contributed by atoms with E-state index in [1.165, 1.54) is 24.2 Å². The van der Waals surface area contributed by atoms with Gasteiger partial charge in [-0.2, -0.15) is 0 Å². The molecule has 2 N–H and O–H groups in total. The smallest absolute Gasteiger partial charge is 0.241 e. The van der Waals surface area contributed by atoms with Crippen molar-refractivity contribution in [3.8, 4) is 0 Å². The van der Waals surface area contributed by atoms with E-state index in [4.69, 9.17) is 5.11 Å². The Morgan fingerprint density at radius 3 is 2.89 bits per heavy atom. The summed E-state index contributed by atoms with van der Waals surface area (Å²) in [7, 11) is -3.47. The van der Waals surface area contributed by atoms with Gasteiger partial charge in [-0.1, -0.05) is 19.8 Å². The highest BCUT2D eigenvalue weighted by Crippen LogP contribution is 2.31. The van der Waals surface area contributed by atoms with Crippen LogP contribution in [0.1, 0.15) is 31.1 Å². The van der Waals surface area contributed by atoms with E-state index in [-0.39, 0.29) is 11.5 Å². The van der Waals surface area contributed by atoms with Gasteiger partial charge in [0.25, 0.3) is 0 Å². The Labute approximate surface area is 112 Å². The molecular weight excluding hydrogens is 270 g/mol. The highest BCUT2D eigenvalue weighted by Gasteiger charge is 2.26. The van der Waals surface area contributed by atoms with E-state index < -0.39 is 10.0 Å². The SMILES string of the molecule is CC1CCCC1CNS(=O)(=O)c1ccsc1CO. The van der Waals surface area contributed by atoms with Gasteiger partial charge in [0.2, 0.25) is 10.0 Å². The zero-order valence-corrected chi connectivity index (χ0v) is 12.1. The van der Waals surface area contributed by atoms with E-state index in [9.17, 15) is 8.42 Å². The molecule has 1 aromatic rings. The maximum atomic E-state index is 12.1. The Balaban J connectivity index is 2.03. The van der Waals surface area contributed by atoms with E-state index in [0.29, 0.717) is 23.3 Å². The van der Waals surface area contributed by atoms with Crippen molar-refractivity contribution in [2.24, 2.45) is 11.8 Å². The number of aliphatic hydroxyl groups excluding tert-OH is 1. The van der Waals surface area contributed by atoms with Crippen molar-refractivity contribution in [2.45, 2.75) is 37.7 Å². The third-order valence-electron chi connectivity index (χ3n) is 3.71. The van der Waals surface area contributed by atoms with Gasteiger partial charge in [-0.3, -0.25) is 0 Å². The number of nitrogens with one attached hydrogen (secondary N) is 1. The first-order valence-electron chi connectivity index (χ1n) is 6.21. The van der Waals surface area contributed by atoms with Gasteiger partial charge < -0.3 is 5.11 Å². The predicted octanol–water partition coefficient (Wildman–Crippen LogP) is 1.95. The van der Waals surface area contributed by atoms with Crippen LogP contribution in [0.25, 0.3) is 0 Å². The third-order valence-corrected chi connectivity index (χ3v) is 6.26. The topological polar surface area (TPSA) is 66.4 Å². The maximum absolute atomic E-state index is 12.1. The molecule has 102 valence electrons. The number of hydrogen-bond acceptors (Lipinski definition) is 4. The summed E-state index contributed by atoms with van der Waals surface area (Å²) in [5.41, 5.74) is 0. The predicted molar refractivity (Wildman–Crippen MR) is 71.9 cm³/mol. The van der Waals surface area contributed by atoms with Crippen LogP contribution >= 0.6 is 11.3 Å². The van der Waals surface area contributed by atoms with Crippen LogP contribution in [0.2, 0.25) is 0 Å². The van der Waals surface area contributed by atoms with Crippen LogP contribution in [0.4, 0.5) is 0 Å². The summed E-state index contributed by atoms with van der Waals surface area (Å²) in [6.45, 7) is 2.45. The van der Waals surface area contributed by atoms with E-state index in [1.54, 1.807) is 11.4 Å². The van der Waals surface area contributed by atoms with Crippen LogP contribution in [-0.2, 0) is 16.6 Å². The molecule has 4 nitrogen and oxygen atoms in total. The van der Waals surface area contributed by atoms with Gasteiger partial charge in [0, 0.05) is 11.4 Å². The molecule has 6 heteroatoms. The standard InChI is InChI=1S/C12H19NO3S2/c1-9-3-2-4-10(9)7-13-18(15,16)12-5-6-17-11(12)8-14/h5-6,9-10,13-14H,2-4,7-8H2,1H3. The summed E-state index contributed by atoms with van der Waals surface area (Å²) in [5.74, 6) is 1.03. The number of thiophene rings is 1. The number of aliphatic hydroxyl groups is 1. The molecule has 1 aromatic heterocycles. The Morgan fingerprint density at radius 2 is 2.28 bits per heavy atom. The minimum Gasteiger partial charge on any atom is -0.391 e. The van der Waals surface area contributed by atoms with Crippen molar-refractivity contribution in [1.82, 2.24) is 4.72 Å². The van der Waals surface area contributed by atoms with E-state index in [2.05, 4.69) is 11.6 Å². The average Bonchev–Trinajstić information content (AvgIpc) is 2.95. The molecular formula is C12H19NO3S2. The second-order valence-electron chi connectivity index (χ2n) is 4.89.